The van der Waals surface area contributed by atoms with Gasteiger partial charge in [0.25, 0.3) is 5.91 Å². The largest absolute Gasteiger partial charge is 0.349 e. The maximum atomic E-state index is 12.3. The molecule has 1 amide bonds. The molecule has 0 spiro atoms. The fourth-order valence-electron chi connectivity index (χ4n) is 2.35. The van der Waals surface area contributed by atoms with Crippen molar-refractivity contribution in [2.45, 2.75) is 6.54 Å². The van der Waals surface area contributed by atoms with Crippen molar-refractivity contribution in [3.63, 3.8) is 0 Å². The number of nitrogens with one attached hydrogen (secondary N) is 1. The number of aromatic nitrogens is 3. The second kappa shape index (κ2) is 5.61. The third-order valence-corrected chi connectivity index (χ3v) is 3.78. The second-order valence-corrected chi connectivity index (χ2v) is 5.19. The van der Waals surface area contributed by atoms with Gasteiger partial charge in [-0.25, -0.2) is 0 Å². The van der Waals surface area contributed by atoms with Crippen LogP contribution in [0, 0.1) is 0 Å². The number of carbonyl (C=O) groups is 1. The maximum absolute atomic E-state index is 12.3. The smallest absolute Gasteiger partial charge is 0.267 e. The molecule has 108 valence electrons. The van der Waals surface area contributed by atoms with E-state index < -0.39 is 0 Å². The summed E-state index contributed by atoms with van der Waals surface area (Å²) in [4.78, 5) is 12.3. The number of fused-ring (bicyclic) bond motifs is 1. The van der Waals surface area contributed by atoms with Crippen molar-refractivity contribution in [1.82, 2.24) is 19.7 Å². The number of rotatable bonds is 4. The van der Waals surface area contributed by atoms with Gasteiger partial charge in [0.15, 0.2) is 0 Å². The van der Waals surface area contributed by atoms with E-state index in [0.29, 0.717) is 23.8 Å². The lowest BCUT2D eigenvalue weighted by molar-refractivity contribution is 0.0944. The predicted octanol–water partition coefficient (Wildman–Crippen LogP) is 2.46. The maximum Gasteiger partial charge on any atom is 0.267 e. The lowest BCUT2D eigenvalue weighted by Crippen LogP contribution is -2.28. The summed E-state index contributed by atoms with van der Waals surface area (Å²) in [7, 11) is 1.86. The van der Waals surface area contributed by atoms with Crippen molar-refractivity contribution in [2.24, 2.45) is 7.05 Å². The molecule has 0 bridgehead atoms. The number of hydrogen-bond donors (Lipinski definition) is 1. The van der Waals surface area contributed by atoms with E-state index in [1.807, 2.05) is 48.1 Å². The van der Waals surface area contributed by atoms with Crippen LogP contribution in [-0.2, 0) is 13.6 Å². The average Bonchev–Trinajstić information content (AvgIpc) is 3.08. The number of carbonyl (C=O) groups excluding carboxylic acids is 1. The van der Waals surface area contributed by atoms with Crippen LogP contribution in [0.15, 0.2) is 42.7 Å². The zero-order valence-electron chi connectivity index (χ0n) is 11.6. The minimum atomic E-state index is -0.114. The Morgan fingerprint density at radius 3 is 2.95 bits per heavy atom. The molecule has 1 aromatic carbocycles. The monoisotopic (exact) mass is 302 g/mol. The van der Waals surface area contributed by atoms with E-state index in [-0.39, 0.29) is 5.91 Å². The normalized spacial score (nSPS) is 11.0. The molecule has 0 aliphatic heterocycles. The lowest BCUT2D eigenvalue weighted by atomic mass is 10.2. The van der Waals surface area contributed by atoms with E-state index in [1.54, 1.807) is 10.9 Å². The topological polar surface area (TPSA) is 51.9 Å². The number of halogens is 1. The first-order valence-electron chi connectivity index (χ1n) is 6.66. The van der Waals surface area contributed by atoms with Crippen molar-refractivity contribution in [2.75, 3.05) is 6.54 Å². The van der Waals surface area contributed by atoms with Crippen LogP contribution >= 0.6 is 11.6 Å². The van der Waals surface area contributed by atoms with E-state index >= 15 is 0 Å². The summed E-state index contributed by atoms with van der Waals surface area (Å²) in [6, 6.07) is 9.32. The van der Waals surface area contributed by atoms with Crippen LogP contribution in [0.3, 0.4) is 0 Å². The van der Waals surface area contributed by atoms with Gasteiger partial charge in [-0.05, 0) is 24.3 Å². The predicted molar refractivity (Wildman–Crippen MR) is 82.5 cm³/mol. The first kappa shape index (κ1) is 13.7. The Bertz CT molecular complexity index is 776. The Kier molecular flexibility index (Phi) is 3.66. The summed E-state index contributed by atoms with van der Waals surface area (Å²) in [5.74, 6) is -0.114. The van der Waals surface area contributed by atoms with Gasteiger partial charge in [0.1, 0.15) is 5.69 Å². The van der Waals surface area contributed by atoms with Crippen LogP contribution in [0.5, 0.6) is 0 Å². The molecule has 0 aliphatic carbocycles. The first-order valence-corrected chi connectivity index (χ1v) is 7.04. The number of aryl methyl sites for hydroxylation is 1. The highest BCUT2D eigenvalue weighted by Crippen LogP contribution is 2.26. The number of benzene rings is 1. The molecular weight excluding hydrogens is 288 g/mol. The molecule has 2 aromatic heterocycles. The highest BCUT2D eigenvalue weighted by molar-refractivity contribution is 6.35. The van der Waals surface area contributed by atoms with Crippen LogP contribution < -0.4 is 5.32 Å². The van der Waals surface area contributed by atoms with E-state index in [0.717, 1.165) is 10.9 Å². The van der Waals surface area contributed by atoms with Crippen LogP contribution in [-0.4, -0.2) is 26.8 Å². The van der Waals surface area contributed by atoms with Gasteiger partial charge in [0.2, 0.25) is 0 Å². The molecule has 5 nitrogen and oxygen atoms in total. The third kappa shape index (κ3) is 2.64. The van der Waals surface area contributed by atoms with Crippen molar-refractivity contribution < 1.29 is 4.79 Å². The standard InChI is InChI=1S/C15H15ClN4O/c1-19-13-5-2-4-12(16)11(13)10-14(19)15(21)17-7-9-20-8-3-6-18-20/h2-6,8,10H,7,9H2,1H3,(H,17,21). The molecule has 3 aromatic rings. The summed E-state index contributed by atoms with van der Waals surface area (Å²) < 4.78 is 3.63. The van der Waals surface area contributed by atoms with Gasteiger partial charge < -0.3 is 9.88 Å². The lowest BCUT2D eigenvalue weighted by Gasteiger charge is -2.06. The zero-order valence-corrected chi connectivity index (χ0v) is 12.3. The molecule has 0 fully saturated rings. The Morgan fingerprint density at radius 1 is 1.38 bits per heavy atom. The molecule has 0 unspecified atom stereocenters. The van der Waals surface area contributed by atoms with Crippen LogP contribution in [0.4, 0.5) is 0 Å². The van der Waals surface area contributed by atoms with E-state index in [9.17, 15) is 4.79 Å². The average molecular weight is 303 g/mol. The van der Waals surface area contributed by atoms with Crippen molar-refractivity contribution in [3.05, 3.63) is 53.4 Å². The number of nitrogens with zero attached hydrogens (tertiary/aromatic N) is 3. The Balaban J connectivity index is 1.75. The molecule has 1 N–H and O–H groups in total. The third-order valence-electron chi connectivity index (χ3n) is 3.45. The minimum absolute atomic E-state index is 0.114. The van der Waals surface area contributed by atoms with Crippen LogP contribution in [0.2, 0.25) is 5.02 Å². The van der Waals surface area contributed by atoms with Crippen molar-refractivity contribution in [1.29, 1.82) is 0 Å². The van der Waals surface area contributed by atoms with Gasteiger partial charge in [0, 0.05) is 41.9 Å². The van der Waals surface area contributed by atoms with Crippen molar-refractivity contribution in [3.8, 4) is 0 Å². The van der Waals surface area contributed by atoms with E-state index in [4.69, 9.17) is 11.6 Å². The summed E-state index contributed by atoms with van der Waals surface area (Å²) in [5, 5.41) is 8.53. The first-order chi connectivity index (χ1) is 10.2. The van der Waals surface area contributed by atoms with Crippen LogP contribution in [0.25, 0.3) is 10.9 Å². The SMILES string of the molecule is Cn1c(C(=O)NCCn2cccn2)cc2c(Cl)cccc21. The van der Waals surface area contributed by atoms with Gasteiger partial charge >= 0.3 is 0 Å². The summed E-state index contributed by atoms with van der Waals surface area (Å²) in [6.45, 7) is 1.17. The summed E-state index contributed by atoms with van der Waals surface area (Å²) in [6.07, 6.45) is 3.58. The molecule has 6 heteroatoms. The van der Waals surface area contributed by atoms with Gasteiger partial charge in [-0.2, -0.15) is 5.10 Å². The highest BCUT2D eigenvalue weighted by atomic mass is 35.5. The van der Waals surface area contributed by atoms with Gasteiger partial charge in [-0.1, -0.05) is 17.7 Å². The molecule has 2 heterocycles. The van der Waals surface area contributed by atoms with E-state index in [1.165, 1.54) is 0 Å². The fourth-order valence-corrected chi connectivity index (χ4v) is 2.57. The summed E-state index contributed by atoms with van der Waals surface area (Å²) >= 11 is 6.16. The summed E-state index contributed by atoms with van der Waals surface area (Å²) in [5.41, 5.74) is 1.54. The Labute approximate surface area is 127 Å². The number of hydrogen-bond acceptors (Lipinski definition) is 2. The second-order valence-electron chi connectivity index (χ2n) is 4.79. The van der Waals surface area contributed by atoms with Gasteiger partial charge in [0.05, 0.1) is 6.54 Å². The van der Waals surface area contributed by atoms with E-state index in [2.05, 4.69) is 10.4 Å². The molecule has 3 rings (SSSR count). The fraction of sp³-hybridized carbons (Fsp3) is 0.200. The number of amides is 1. The Morgan fingerprint density at radius 2 is 2.24 bits per heavy atom. The quantitative estimate of drug-likeness (QED) is 0.805. The molecule has 0 atom stereocenters. The van der Waals surface area contributed by atoms with Gasteiger partial charge in [-0.15, -0.1) is 0 Å². The van der Waals surface area contributed by atoms with Gasteiger partial charge in [-0.3, -0.25) is 9.48 Å². The molecule has 0 aliphatic rings. The molecule has 0 radical (unpaired) electrons. The van der Waals surface area contributed by atoms with Crippen molar-refractivity contribution >= 4 is 28.4 Å². The molecular formula is C15H15ClN4O. The molecule has 0 saturated heterocycles. The molecule has 21 heavy (non-hydrogen) atoms. The minimum Gasteiger partial charge on any atom is -0.349 e. The highest BCUT2D eigenvalue weighted by Gasteiger charge is 2.14. The zero-order chi connectivity index (χ0) is 14.8. The molecule has 0 saturated carbocycles. The van der Waals surface area contributed by atoms with Crippen LogP contribution in [0.1, 0.15) is 10.5 Å². The Hall–Kier alpha value is -2.27.